The second-order valence-corrected chi connectivity index (χ2v) is 18.0. The Morgan fingerprint density at radius 2 is 0.443 bits per heavy atom. The molecule has 0 heterocycles. The van der Waals surface area contributed by atoms with Crippen molar-refractivity contribution >= 4 is 98.8 Å². The van der Waals surface area contributed by atoms with Crippen molar-refractivity contribution in [2.75, 3.05) is 9.80 Å². The molecule has 2 nitrogen and oxygen atoms in total. The van der Waals surface area contributed by atoms with Crippen LogP contribution in [0.3, 0.4) is 0 Å². The summed E-state index contributed by atoms with van der Waals surface area (Å²) in [7, 11) is 0. The number of rotatable bonds is 8. The van der Waals surface area contributed by atoms with Gasteiger partial charge in [0.15, 0.2) is 0 Å². The van der Waals surface area contributed by atoms with Crippen molar-refractivity contribution in [2.24, 2.45) is 0 Å². The van der Waals surface area contributed by atoms with E-state index in [4.69, 9.17) is 0 Å². The molecule has 0 amide bonds. The second-order valence-electron chi connectivity index (χ2n) is 18.0. The number of para-hydroxylation sites is 2. The van der Waals surface area contributed by atoms with E-state index in [2.05, 4.69) is 204 Å². The van der Waals surface area contributed by atoms with E-state index in [1.54, 1.807) is 24.3 Å². The van der Waals surface area contributed by atoms with E-state index >= 15 is 8.78 Å². The number of hydrogen-bond acceptors (Lipinski definition) is 2. The average Bonchev–Trinajstić information content (AvgIpc) is 3.42. The zero-order chi connectivity index (χ0) is 46.7. The summed E-state index contributed by atoms with van der Waals surface area (Å²) >= 11 is 0. The lowest BCUT2D eigenvalue weighted by atomic mass is 9.88. The SMILES string of the molecule is Fc1ccc2c(c1)c1cc(N(c3ccccc3)c3ccc(-c4ccccc4)cc3)ccc1c1cc3c4ccc(F)cc4c4cc(N(c5ccccc5)c5ccc(-c6ccccc6)cc5)ccc4c3cc21. The van der Waals surface area contributed by atoms with Gasteiger partial charge in [0, 0.05) is 34.1 Å². The molecule has 0 bridgehead atoms. The highest BCUT2D eigenvalue weighted by Crippen LogP contribution is 2.46. The van der Waals surface area contributed by atoms with Crippen LogP contribution in [0, 0.1) is 11.6 Å². The zero-order valence-corrected chi connectivity index (χ0v) is 37.9. The van der Waals surface area contributed by atoms with E-state index < -0.39 is 0 Å². The predicted octanol–water partition coefficient (Wildman–Crippen LogP) is 19.2. The minimum atomic E-state index is -0.292. The third-order valence-electron chi connectivity index (χ3n) is 13.9. The lowest BCUT2D eigenvalue weighted by Gasteiger charge is -2.27. The number of anilines is 6. The summed E-state index contributed by atoms with van der Waals surface area (Å²) in [6.07, 6.45) is 0. The number of halogens is 2. The molecular formula is C66H42F2N2. The Bertz CT molecular complexity index is 3830. The van der Waals surface area contributed by atoms with Gasteiger partial charge in [-0.25, -0.2) is 8.78 Å². The van der Waals surface area contributed by atoms with E-state index in [0.29, 0.717) is 0 Å². The van der Waals surface area contributed by atoms with E-state index in [0.717, 1.165) is 121 Å². The smallest absolute Gasteiger partial charge is 0.123 e. The number of fused-ring (bicyclic) bond motifs is 12. The second kappa shape index (κ2) is 16.9. The lowest BCUT2D eigenvalue weighted by molar-refractivity contribution is 0.629. The Hall–Kier alpha value is -9.12. The monoisotopic (exact) mass is 900 g/mol. The van der Waals surface area contributed by atoms with Crippen LogP contribution in [0.25, 0.3) is 86.9 Å². The van der Waals surface area contributed by atoms with Gasteiger partial charge < -0.3 is 9.80 Å². The lowest BCUT2D eigenvalue weighted by Crippen LogP contribution is -2.09. The number of benzene rings is 13. The van der Waals surface area contributed by atoms with Crippen molar-refractivity contribution in [3.05, 3.63) is 266 Å². The number of nitrogens with zero attached hydrogens (tertiary/aromatic N) is 2. The molecule has 0 spiro atoms. The van der Waals surface area contributed by atoms with Crippen LogP contribution in [-0.2, 0) is 0 Å². The molecule has 4 heteroatoms. The van der Waals surface area contributed by atoms with Gasteiger partial charge in [0.25, 0.3) is 0 Å². The molecule has 0 atom stereocenters. The first-order valence-corrected chi connectivity index (χ1v) is 23.6. The fourth-order valence-corrected chi connectivity index (χ4v) is 10.6. The highest BCUT2D eigenvalue weighted by atomic mass is 19.1. The molecule has 70 heavy (non-hydrogen) atoms. The average molecular weight is 901 g/mol. The van der Waals surface area contributed by atoms with Gasteiger partial charge in [-0.3, -0.25) is 0 Å². The molecule has 0 aliphatic carbocycles. The van der Waals surface area contributed by atoms with Crippen molar-refractivity contribution in [3.63, 3.8) is 0 Å². The summed E-state index contributed by atoms with van der Waals surface area (Å²) in [5.74, 6) is -0.584. The Kier molecular flexibility index (Phi) is 9.91. The fraction of sp³-hybridized carbons (Fsp3) is 0. The molecular weight excluding hydrogens is 859 g/mol. The van der Waals surface area contributed by atoms with Crippen LogP contribution in [-0.4, -0.2) is 0 Å². The molecule has 330 valence electrons. The van der Waals surface area contributed by atoms with Gasteiger partial charge in [0.05, 0.1) is 0 Å². The summed E-state index contributed by atoms with van der Waals surface area (Å²) in [4.78, 5) is 4.51. The minimum absolute atomic E-state index is 0.292. The van der Waals surface area contributed by atoms with E-state index in [1.807, 2.05) is 36.4 Å². The maximum atomic E-state index is 15.6. The fourth-order valence-electron chi connectivity index (χ4n) is 10.6. The normalized spacial score (nSPS) is 11.6. The van der Waals surface area contributed by atoms with Crippen LogP contribution in [0.15, 0.2) is 255 Å². The minimum Gasteiger partial charge on any atom is -0.310 e. The van der Waals surface area contributed by atoms with Gasteiger partial charge in [-0.2, -0.15) is 0 Å². The molecule has 0 N–H and O–H groups in total. The maximum Gasteiger partial charge on any atom is 0.123 e. The van der Waals surface area contributed by atoms with Gasteiger partial charge in [-0.1, -0.05) is 146 Å². The Morgan fingerprint density at radius 1 is 0.186 bits per heavy atom. The molecule has 0 saturated carbocycles. The predicted molar refractivity (Wildman–Crippen MR) is 292 cm³/mol. The van der Waals surface area contributed by atoms with Crippen LogP contribution in [0.2, 0.25) is 0 Å². The van der Waals surface area contributed by atoms with Crippen LogP contribution < -0.4 is 9.80 Å². The standard InChI is InChI=1S/C66H42F2N2/c67-47-25-33-55-59(37-47)61-39-53(69(49-17-9-3-10-18-49)51-27-21-45(22-28-51)43-13-5-1-6-14-43)31-35-57(61)65-41-64-56-34-26-48(68)38-60(56)62-40-54(32-36-58(62)66(64)42-63(55)65)70(50-19-11-4-12-20-50)52-29-23-46(24-30-52)44-15-7-2-8-16-44/h1-42H. The topological polar surface area (TPSA) is 6.48 Å². The van der Waals surface area contributed by atoms with Crippen LogP contribution >= 0.6 is 0 Å². The van der Waals surface area contributed by atoms with Gasteiger partial charge >= 0.3 is 0 Å². The van der Waals surface area contributed by atoms with Gasteiger partial charge in [-0.15, -0.1) is 0 Å². The Balaban J connectivity index is 1.01. The molecule has 0 saturated heterocycles. The summed E-state index contributed by atoms with van der Waals surface area (Å²) < 4.78 is 31.2. The first-order valence-electron chi connectivity index (χ1n) is 23.6. The van der Waals surface area contributed by atoms with Gasteiger partial charge in [0.1, 0.15) is 11.6 Å². The van der Waals surface area contributed by atoms with Gasteiger partial charge in [-0.05, 0) is 196 Å². The van der Waals surface area contributed by atoms with Crippen molar-refractivity contribution in [1.82, 2.24) is 0 Å². The van der Waals surface area contributed by atoms with Crippen molar-refractivity contribution in [2.45, 2.75) is 0 Å². The van der Waals surface area contributed by atoms with Crippen LogP contribution in [0.1, 0.15) is 0 Å². The number of hydrogen-bond donors (Lipinski definition) is 0. The Labute approximate surface area is 404 Å². The van der Waals surface area contributed by atoms with E-state index in [9.17, 15) is 0 Å². The van der Waals surface area contributed by atoms with Crippen molar-refractivity contribution in [3.8, 4) is 22.3 Å². The molecule has 0 fully saturated rings. The van der Waals surface area contributed by atoms with E-state index in [-0.39, 0.29) is 11.6 Å². The largest absolute Gasteiger partial charge is 0.310 e. The molecule has 13 aromatic rings. The first kappa shape index (κ1) is 41.1. The molecule has 0 radical (unpaired) electrons. The molecule has 13 aromatic carbocycles. The van der Waals surface area contributed by atoms with Crippen molar-refractivity contribution in [1.29, 1.82) is 0 Å². The third-order valence-corrected chi connectivity index (χ3v) is 13.9. The summed E-state index contributed by atoms with van der Waals surface area (Å²) in [6.45, 7) is 0. The van der Waals surface area contributed by atoms with E-state index in [1.165, 1.54) is 0 Å². The van der Waals surface area contributed by atoms with Crippen LogP contribution in [0.5, 0.6) is 0 Å². The maximum absolute atomic E-state index is 15.6. The summed E-state index contributed by atoms with van der Waals surface area (Å²) in [5, 5.41) is 11.6. The van der Waals surface area contributed by atoms with Crippen molar-refractivity contribution < 1.29 is 8.78 Å². The summed E-state index contributed by atoms with van der Waals surface area (Å²) in [6, 6.07) is 86.7. The Morgan fingerprint density at radius 3 is 0.800 bits per heavy atom. The highest BCUT2D eigenvalue weighted by Gasteiger charge is 2.20. The zero-order valence-electron chi connectivity index (χ0n) is 37.9. The first-order chi connectivity index (χ1) is 34.5. The van der Waals surface area contributed by atoms with Gasteiger partial charge in [0.2, 0.25) is 0 Å². The molecule has 13 rings (SSSR count). The molecule has 0 unspecified atom stereocenters. The third kappa shape index (κ3) is 7.08. The molecule has 0 aliphatic heterocycles. The summed E-state index contributed by atoms with van der Waals surface area (Å²) in [5.41, 5.74) is 10.5. The highest BCUT2D eigenvalue weighted by molar-refractivity contribution is 6.33. The molecule has 0 aliphatic rings. The van der Waals surface area contributed by atoms with Crippen LogP contribution in [0.4, 0.5) is 42.9 Å². The molecule has 0 aromatic heterocycles. The quantitative estimate of drug-likeness (QED) is 0.111.